The number of phenolic OH excluding ortho intramolecular Hbond substituents is 1. The molecule has 1 heterocycles. The highest BCUT2D eigenvalue weighted by atomic mass is 16.5. The first kappa shape index (κ1) is 12.4. The Morgan fingerprint density at radius 1 is 1.33 bits per heavy atom. The number of carbonyl (C=O) groups excluding carboxylic acids is 1. The van der Waals surface area contributed by atoms with Gasteiger partial charge in [-0.05, 0) is 12.1 Å². The lowest BCUT2D eigenvalue weighted by atomic mass is 9.98. The van der Waals surface area contributed by atoms with Gasteiger partial charge in [0, 0.05) is 13.0 Å². The summed E-state index contributed by atoms with van der Waals surface area (Å²) in [5.74, 6) is -1.95. The van der Waals surface area contributed by atoms with Crippen LogP contribution in [0.1, 0.15) is 16.8 Å². The monoisotopic (exact) mass is 251 g/mol. The van der Waals surface area contributed by atoms with E-state index in [0.29, 0.717) is 0 Å². The maximum Gasteiger partial charge on any atom is 0.331 e. The van der Waals surface area contributed by atoms with Crippen LogP contribution in [0.3, 0.4) is 0 Å². The van der Waals surface area contributed by atoms with Crippen molar-refractivity contribution in [1.29, 1.82) is 0 Å². The number of para-hydroxylation sites is 1. The highest BCUT2D eigenvalue weighted by Gasteiger charge is 2.44. The number of aromatic hydroxyl groups is 1. The van der Waals surface area contributed by atoms with Gasteiger partial charge in [-0.25, -0.2) is 4.79 Å². The lowest BCUT2D eigenvalue weighted by Gasteiger charge is -2.23. The van der Waals surface area contributed by atoms with Crippen molar-refractivity contribution in [1.82, 2.24) is 5.32 Å². The molecule has 96 valence electrons. The molecule has 6 nitrogen and oxygen atoms in total. The van der Waals surface area contributed by atoms with Crippen LogP contribution >= 0.6 is 0 Å². The van der Waals surface area contributed by atoms with Gasteiger partial charge in [-0.2, -0.15) is 0 Å². The fourth-order valence-corrected chi connectivity index (χ4v) is 1.84. The SMILES string of the molecule is O=C(NC1(C(=O)O)CCOC1)c1ccccc1O. The van der Waals surface area contributed by atoms with E-state index in [1.54, 1.807) is 12.1 Å². The number of carboxylic acid groups (broad SMARTS) is 1. The fraction of sp³-hybridized carbons (Fsp3) is 0.333. The minimum atomic E-state index is -1.40. The molecule has 0 aliphatic carbocycles. The number of carbonyl (C=O) groups is 2. The highest BCUT2D eigenvalue weighted by molar-refractivity contribution is 6.00. The number of benzene rings is 1. The van der Waals surface area contributed by atoms with Crippen LogP contribution in [-0.4, -0.2) is 40.8 Å². The van der Waals surface area contributed by atoms with Crippen LogP contribution in [0.5, 0.6) is 5.75 Å². The molecular formula is C12H13NO5. The maximum atomic E-state index is 11.9. The van der Waals surface area contributed by atoms with Crippen molar-refractivity contribution in [2.45, 2.75) is 12.0 Å². The summed E-state index contributed by atoms with van der Waals surface area (Å²) in [6, 6.07) is 5.97. The molecule has 1 aromatic rings. The molecule has 2 rings (SSSR count). The number of hydrogen-bond donors (Lipinski definition) is 3. The van der Waals surface area contributed by atoms with Crippen molar-refractivity contribution in [3.63, 3.8) is 0 Å². The molecule has 1 unspecified atom stereocenters. The fourth-order valence-electron chi connectivity index (χ4n) is 1.84. The van der Waals surface area contributed by atoms with E-state index >= 15 is 0 Å². The average Bonchev–Trinajstić information content (AvgIpc) is 2.79. The molecule has 6 heteroatoms. The summed E-state index contributed by atoms with van der Waals surface area (Å²) in [6.45, 7) is 0.217. The Labute approximate surface area is 103 Å². The molecule has 1 fully saturated rings. The van der Waals surface area contributed by atoms with Gasteiger partial charge in [-0.3, -0.25) is 4.79 Å². The third-order valence-electron chi connectivity index (χ3n) is 2.93. The van der Waals surface area contributed by atoms with Gasteiger partial charge in [0.25, 0.3) is 5.91 Å². The number of rotatable bonds is 3. The van der Waals surface area contributed by atoms with Crippen LogP contribution in [0.4, 0.5) is 0 Å². The predicted molar refractivity (Wildman–Crippen MR) is 61.4 cm³/mol. The molecule has 0 saturated carbocycles. The third kappa shape index (κ3) is 2.14. The molecule has 1 aliphatic rings. The predicted octanol–water partition coefficient (Wildman–Crippen LogP) is 0.366. The summed E-state index contributed by atoms with van der Waals surface area (Å²) in [7, 11) is 0. The molecule has 0 spiro atoms. The van der Waals surface area contributed by atoms with E-state index in [-0.39, 0.29) is 30.9 Å². The van der Waals surface area contributed by atoms with Crippen molar-refractivity contribution in [2.75, 3.05) is 13.2 Å². The van der Waals surface area contributed by atoms with Crippen LogP contribution in [-0.2, 0) is 9.53 Å². The van der Waals surface area contributed by atoms with Crippen LogP contribution in [0, 0.1) is 0 Å². The lowest BCUT2D eigenvalue weighted by Crippen LogP contribution is -2.55. The van der Waals surface area contributed by atoms with E-state index in [9.17, 15) is 19.8 Å². The average molecular weight is 251 g/mol. The molecule has 1 aliphatic heterocycles. The van der Waals surface area contributed by atoms with E-state index in [1.807, 2.05) is 0 Å². The molecule has 1 atom stereocenters. The van der Waals surface area contributed by atoms with Gasteiger partial charge in [-0.1, -0.05) is 12.1 Å². The highest BCUT2D eigenvalue weighted by Crippen LogP contribution is 2.22. The Morgan fingerprint density at radius 2 is 2.06 bits per heavy atom. The van der Waals surface area contributed by atoms with Crippen LogP contribution in [0.2, 0.25) is 0 Å². The molecule has 1 aromatic carbocycles. The normalized spacial score (nSPS) is 22.7. The first-order chi connectivity index (χ1) is 8.55. The van der Waals surface area contributed by atoms with E-state index < -0.39 is 17.4 Å². The van der Waals surface area contributed by atoms with Crippen molar-refractivity contribution in [3.8, 4) is 5.75 Å². The van der Waals surface area contributed by atoms with Gasteiger partial charge in [0.05, 0.1) is 12.2 Å². The molecule has 3 N–H and O–H groups in total. The third-order valence-corrected chi connectivity index (χ3v) is 2.93. The first-order valence-electron chi connectivity index (χ1n) is 5.47. The number of hydrogen-bond acceptors (Lipinski definition) is 4. The second-order valence-electron chi connectivity index (χ2n) is 4.16. The quantitative estimate of drug-likeness (QED) is 0.721. The van der Waals surface area contributed by atoms with Gasteiger partial charge in [0.1, 0.15) is 5.75 Å². The van der Waals surface area contributed by atoms with Crippen LogP contribution in [0.25, 0.3) is 0 Å². The van der Waals surface area contributed by atoms with Gasteiger partial charge in [-0.15, -0.1) is 0 Å². The summed E-state index contributed by atoms with van der Waals surface area (Å²) >= 11 is 0. The van der Waals surface area contributed by atoms with Crippen LogP contribution in [0.15, 0.2) is 24.3 Å². The zero-order chi connectivity index (χ0) is 13.2. The molecule has 1 amide bonds. The maximum absolute atomic E-state index is 11.9. The Bertz CT molecular complexity index is 479. The number of ether oxygens (including phenoxy) is 1. The Balaban J connectivity index is 2.21. The number of carboxylic acids is 1. The summed E-state index contributed by atoms with van der Waals surface area (Å²) in [4.78, 5) is 23.2. The van der Waals surface area contributed by atoms with Gasteiger partial charge >= 0.3 is 5.97 Å². The molecule has 0 aromatic heterocycles. The minimum Gasteiger partial charge on any atom is -0.507 e. The number of aliphatic carboxylic acids is 1. The Kier molecular flexibility index (Phi) is 3.20. The number of nitrogens with one attached hydrogen (secondary N) is 1. The summed E-state index contributed by atoms with van der Waals surface area (Å²) in [5, 5.41) is 21.1. The molecule has 0 bridgehead atoms. The molecule has 18 heavy (non-hydrogen) atoms. The zero-order valence-corrected chi connectivity index (χ0v) is 9.55. The zero-order valence-electron chi connectivity index (χ0n) is 9.55. The Hall–Kier alpha value is -2.08. The van der Waals surface area contributed by atoms with Crippen molar-refractivity contribution < 1.29 is 24.5 Å². The van der Waals surface area contributed by atoms with Crippen molar-refractivity contribution in [2.24, 2.45) is 0 Å². The Morgan fingerprint density at radius 3 is 2.61 bits per heavy atom. The number of phenols is 1. The van der Waals surface area contributed by atoms with Gasteiger partial charge in [0.15, 0.2) is 5.54 Å². The van der Waals surface area contributed by atoms with E-state index in [0.717, 1.165) is 0 Å². The minimum absolute atomic E-state index is 0.0463. The smallest absolute Gasteiger partial charge is 0.331 e. The van der Waals surface area contributed by atoms with E-state index in [4.69, 9.17) is 4.74 Å². The molecule has 1 saturated heterocycles. The summed E-state index contributed by atoms with van der Waals surface area (Å²) in [5.41, 5.74) is -1.36. The number of amides is 1. The topological polar surface area (TPSA) is 95.9 Å². The van der Waals surface area contributed by atoms with E-state index in [2.05, 4.69) is 5.32 Å². The van der Waals surface area contributed by atoms with Gasteiger partial charge in [0.2, 0.25) is 0 Å². The van der Waals surface area contributed by atoms with Crippen molar-refractivity contribution >= 4 is 11.9 Å². The standard InChI is InChI=1S/C12H13NO5/c14-9-4-2-1-3-8(9)10(15)13-12(11(16)17)5-6-18-7-12/h1-4,14H,5-7H2,(H,13,15)(H,16,17). The first-order valence-corrected chi connectivity index (χ1v) is 5.47. The van der Waals surface area contributed by atoms with Crippen molar-refractivity contribution in [3.05, 3.63) is 29.8 Å². The van der Waals surface area contributed by atoms with Crippen LogP contribution < -0.4 is 5.32 Å². The molecule has 0 radical (unpaired) electrons. The summed E-state index contributed by atoms with van der Waals surface area (Å²) < 4.78 is 5.03. The van der Waals surface area contributed by atoms with Gasteiger partial charge < -0.3 is 20.3 Å². The summed E-state index contributed by atoms with van der Waals surface area (Å²) in [6.07, 6.45) is 0.210. The lowest BCUT2D eigenvalue weighted by molar-refractivity contribution is -0.144. The van der Waals surface area contributed by atoms with E-state index in [1.165, 1.54) is 12.1 Å². The second kappa shape index (κ2) is 4.66. The second-order valence-corrected chi connectivity index (χ2v) is 4.16. The largest absolute Gasteiger partial charge is 0.507 e. The molecular weight excluding hydrogens is 238 g/mol.